The maximum Gasteiger partial charge on any atom is 0.343 e. The Morgan fingerprint density at radius 3 is 2.48 bits per heavy atom. The Morgan fingerprint density at radius 2 is 1.76 bits per heavy atom. The second kappa shape index (κ2) is 11.2. The van der Waals surface area contributed by atoms with Gasteiger partial charge in [-0.2, -0.15) is 5.10 Å². The average Bonchev–Trinajstić information content (AvgIpc) is 2.72. The van der Waals surface area contributed by atoms with Gasteiger partial charge in [0.05, 0.1) is 13.3 Å². The van der Waals surface area contributed by atoms with Crippen LogP contribution in [0.3, 0.4) is 0 Å². The minimum Gasteiger partial charge on any atom is -0.482 e. The molecule has 152 valence electrons. The predicted molar refractivity (Wildman–Crippen MR) is 109 cm³/mol. The molecule has 2 rings (SSSR count). The van der Waals surface area contributed by atoms with Gasteiger partial charge in [0, 0.05) is 18.5 Å². The van der Waals surface area contributed by atoms with Crippen molar-refractivity contribution in [1.29, 1.82) is 0 Å². The van der Waals surface area contributed by atoms with Crippen LogP contribution in [-0.2, 0) is 19.1 Å². The molecule has 0 aliphatic rings. The Balaban J connectivity index is 1.74. The molecule has 0 radical (unpaired) electrons. The molecule has 8 nitrogen and oxygen atoms in total. The van der Waals surface area contributed by atoms with Gasteiger partial charge in [-0.1, -0.05) is 29.8 Å². The van der Waals surface area contributed by atoms with E-state index in [4.69, 9.17) is 4.74 Å². The molecule has 0 heterocycles. The molecule has 0 aromatic heterocycles. The molecule has 0 aliphatic heterocycles. The van der Waals surface area contributed by atoms with Gasteiger partial charge in [-0.25, -0.2) is 10.2 Å². The molecule has 2 aromatic carbocycles. The summed E-state index contributed by atoms with van der Waals surface area (Å²) in [5, 5.41) is 6.59. The number of hydrazone groups is 1. The molecule has 2 aromatic rings. The van der Waals surface area contributed by atoms with Crippen LogP contribution in [0.15, 0.2) is 53.6 Å². The first-order valence-corrected chi connectivity index (χ1v) is 8.94. The summed E-state index contributed by atoms with van der Waals surface area (Å²) in [6.45, 7) is 1.76. The van der Waals surface area contributed by atoms with Crippen molar-refractivity contribution in [2.75, 3.05) is 19.0 Å². The smallest absolute Gasteiger partial charge is 0.343 e. The summed E-state index contributed by atoms with van der Waals surface area (Å²) in [5.41, 5.74) is 4.83. The Kier molecular flexibility index (Phi) is 8.37. The molecule has 0 bridgehead atoms. The van der Waals surface area contributed by atoms with Crippen molar-refractivity contribution in [1.82, 2.24) is 5.43 Å². The number of benzene rings is 2. The number of anilines is 1. The fourth-order valence-corrected chi connectivity index (χ4v) is 2.21. The Morgan fingerprint density at radius 1 is 1.03 bits per heavy atom. The molecule has 2 N–H and O–H groups in total. The van der Waals surface area contributed by atoms with E-state index in [0.717, 1.165) is 5.56 Å². The third kappa shape index (κ3) is 8.25. The van der Waals surface area contributed by atoms with Crippen molar-refractivity contribution in [3.63, 3.8) is 0 Å². The molecule has 29 heavy (non-hydrogen) atoms. The molecule has 0 fully saturated rings. The zero-order chi connectivity index (χ0) is 21.1. The summed E-state index contributed by atoms with van der Waals surface area (Å²) in [5.74, 6) is -0.636. The maximum atomic E-state index is 11.9. The number of carbonyl (C=O) groups excluding carboxylic acids is 3. The van der Waals surface area contributed by atoms with Crippen molar-refractivity contribution in [2.45, 2.75) is 19.8 Å². The third-order valence-electron chi connectivity index (χ3n) is 3.76. The molecule has 8 heteroatoms. The molecule has 0 spiro atoms. The number of amides is 2. The minimum absolute atomic E-state index is 0.0112. The second-order valence-electron chi connectivity index (χ2n) is 6.14. The van der Waals surface area contributed by atoms with Crippen LogP contribution in [0.25, 0.3) is 0 Å². The lowest BCUT2D eigenvalue weighted by molar-refractivity contribution is -0.142. The number of carbonyl (C=O) groups is 3. The summed E-state index contributed by atoms with van der Waals surface area (Å²) in [7, 11) is 1.28. The van der Waals surface area contributed by atoms with E-state index >= 15 is 0 Å². The first-order chi connectivity index (χ1) is 14.0. The first-order valence-electron chi connectivity index (χ1n) is 8.94. The number of rotatable bonds is 9. The highest BCUT2D eigenvalue weighted by atomic mass is 16.6. The zero-order valence-electron chi connectivity index (χ0n) is 16.3. The van der Waals surface area contributed by atoms with Crippen LogP contribution in [0.1, 0.15) is 24.0 Å². The molecular weight excluding hydrogens is 374 g/mol. The number of hydrogen-bond acceptors (Lipinski definition) is 6. The van der Waals surface area contributed by atoms with Crippen molar-refractivity contribution in [3.8, 4) is 5.75 Å². The lowest BCUT2D eigenvalue weighted by atomic mass is 10.2. The first kappa shape index (κ1) is 21.6. The number of aryl methyl sites for hydroxylation is 1. The SMILES string of the molecule is COC(=O)COc1cccc(C=NNC(=O)CCC(=O)Nc2ccc(C)cc2)c1. The third-order valence-corrected chi connectivity index (χ3v) is 3.76. The molecule has 0 aliphatic carbocycles. The van der Waals surface area contributed by atoms with E-state index in [1.807, 2.05) is 19.1 Å². The van der Waals surface area contributed by atoms with E-state index in [9.17, 15) is 14.4 Å². The Bertz CT molecular complexity index is 878. The Hall–Kier alpha value is -3.68. The fraction of sp³-hybridized carbons (Fsp3) is 0.238. The highest BCUT2D eigenvalue weighted by molar-refractivity contribution is 5.93. The van der Waals surface area contributed by atoms with E-state index in [1.165, 1.54) is 13.3 Å². The van der Waals surface area contributed by atoms with Crippen molar-refractivity contribution in [2.24, 2.45) is 5.10 Å². The van der Waals surface area contributed by atoms with Crippen molar-refractivity contribution < 1.29 is 23.9 Å². The molecule has 2 amide bonds. The van der Waals surface area contributed by atoms with Crippen LogP contribution in [0, 0.1) is 6.92 Å². The summed E-state index contributed by atoms with van der Waals surface area (Å²) in [6.07, 6.45) is 1.50. The quantitative estimate of drug-likeness (QED) is 0.384. The van der Waals surface area contributed by atoms with Gasteiger partial charge in [0.15, 0.2) is 6.61 Å². The largest absolute Gasteiger partial charge is 0.482 e. The summed E-state index contributed by atoms with van der Waals surface area (Å²) in [6, 6.07) is 14.2. The molecule has 0 unspecified atom stereocenters. The lowest BCUT2D eigenvalue weighted by Gasteiger charge is -2.05. The van der Waals surface area contributed by atoms with Crippen LogP contribution >= 0.6 is 0 Å². The van der Waals surface area contributed by atoms with Crippen LogP contribution in [-0.4, -0.2) is 37.7 Å². The van der Waals surface area contributed by atoms with Gasteiger partial charge in [-0.05, 0) is 36.8 Å². The van der Waals surface area contributed by atoms with Crippen LogP contribution in [0.5, 0.6) is 5.75 Å². The maximum absolute atomic E-state index is 11.9. The summed E-state index contributed by atoms with van der Waals surface area (Å²) in [4.78, 5) is 34.8. The second-order valence-corrected chi connectivity index (χ2v) is 6.14. The van der Waals surface area contributed by atoms with Crippen molar-refractivity contribution >= 4 is 29.7 Å². The predicted octanol–water partition coefficient (Wildman–Crippen LogP) is 2.42. The molecule has 0 saturated heterocycles. The van der Waals surface area contributed by atoms with Gasteiger partial charge >= 0.3 is 5.97 Å². The summed E-state index contributed by atoms with van der Waals surface area (Å²) < 4.78 is 9.78. The average molecular weight is 397 g/mol. The standard InChI is InChI=1S/C21H23N3O5/c1-15-6-8-17(9-7-15)23-19(25)10-11-20(26)24-22-13-16-4-3-5-18(12-16)29-14-21(27)28-2/h3-9,12-13H,10-11,14H2,1-2H3,(H,23,25)(H,24,26). The van der Waals surface area contributed by atoms with Crippen LogP contribution in [0.2, 0.25) is 0 Å². The molecule has 0 atom stereocenters. The van der Waals surface area contributed by atoms with E-state index in [0.29, 0.717) is 17.0 Å². The molecule has 0 saturated carbocycles. The highest BCUT2D eigenvalue weighted by Crippen LogP contribution is 2.12. The van der Waals surface area contributed by atoms with E-state index in [-0.39, 0.29) is 31.3 Å². The van der Waals surface area contributed by atoms with Gasteiger partial charge in [-0.15, -0.1) is 0 Å². The Labute approximate surface area is 168 Å². The normalized spacial score (nSPS) is 10.4. The van der Waals surface area contributed by atoms with E-state index in [2.05, 4.69) is 20.6 Å². The molecular formula is C21H23N3O5. The number of methoxy groups -OCH3 is 1. The minimum atomic E-state index is -0.484. The highest BCUT2D eigenvalue weighted by Gasteiger charge is 2.07. The zero-order valence-corrected chi connectivity index (χ0v) is 16.3. The monoisotopic (exact) mass is 397 g/mol. The fourth-order valence-electron chi connectivity index (χ4n) is 2.21. The van der Waals surface area contributed by atoms with Gasteiger partial charge < -0.3 is 14.8 Å². The van der Waals surface area contributed by atoms with Gasteiger partial charge in [0.25, 0.3) is 0 Å². The van der Waals surface area contributed by atoms with Crippen molar-refractivity contribution in [3.05, 3.63) is 59.7 Å². The number of nitrogens with one attached hydrogen (secondary N) is 2. The number of nitrogens with zero attached hydrogens (tertiary/aromatic N) is 1. The topological polar surface area (TPSA) is 106 Å². The lowest BCUT2D eigenvalue weighted by Crippen LogP contribution is -2.20. The van der Waals surface area contributed by atoms with Gasteiger partial charge in [0.1, 0.15) is 5.75 Å². The van der Waals surface area contributed by atoms with Crippen LogP contribution in [0.4, 0.5) is 5.69 Å². The van der Waals surface area contributed by atoms with E-state index < -0.39 is 5.97 Å². The van der Waals surface area contributed by atoms with Gasteiger partial charge in [0.2, 0.25) is 11.8 Å². The number of esters is 1. The number of hydrogen-bond donors (Lipinski definition) is 2. The number of ether oxygens (including phenoxy) is 2. The van der Waals surface area contributed by atoms with Crippen LogP contribution < -0.4 is 15.5 Å². The summed E-state index contributed by atoms with van der Waals surface area (Å²) >= 11 is 0. The van der Waals surface area contributed by atoms with Gasteiger partial charge in [-0.3, -0.25) is 9.59 Å². The van der Waals surface area contributed by atoms with E-state index in [1.54, 1.807) is 36.4 Å².